The van der Waals surface area contributed by atoms with E-state index in [1.54, 1.807) is 0 Å². The quantitative estimate of drug-likeness (QED) is 0.577. The van der Waals surface area contributed by atoms with Gasteiger partial charge in [-0.3, -0.25) is 9.80 Å². The molecular formula is C29H42N4O4. The summed E-state index contributed by atoms with van der Waals surface area (Å²) in [7, 11) is 0. The van der Waals surface area contributed by atoms with Gasteiger partial charge in [0.1, 0.15) is 0 Å². The van der Waals surface area contributed by atoms with Gasteiger partial charge in [0.25, 0.3) is 0 Å². The fourth-order valence-corrected chi connectivity index (χ4v) is 6.25. The Balaban J connectivity index is 1.44. The van der Waals surface area contributed by atoms with Crippen LogP contribution in [0.1, 0.15) is 51.8 Å². The smallest absolute Gasteiger partial charge is 0.342 e. The van der Waals surface area contributed by atoms with Gasteiger partial charge in [-0.1, -0.05) is 32.0 Å². The van der Waals surface area contributed by atoms with Crippen LogP contribution in [0, 0.1) is 5.92 Å². The molecule has 5 rings (SSSR count). The Morgan fingerprint density at radius 3 is 2.73 bits per heavy atom. The van der Waals surface area contributed by atoms with Crippen molar-refractivity contribution in [2.45, 2.75) is 58.4 Å². The molecule has 0 saturated carbocycles. The zero-order chi connectivity index (χ0) is 26.2. The highest BCUT2D eigenvalue weighted by Gasteiger charge is 2.39. The molecule has 0 bridgehead atoms. The normalized spacial score (nSPS) is 24.0. The zero-order valence-electron chi connectivity index (χ0n) is 22.7. The number of esters is 1. The molecule has 1 aromatic carbocycles. The number of aromatic amines is 1. The van der Waals surface area contributed by atoms with Crippen LogP contribution in [0.4, 0.5) is 0 Å². The van der Waals surface area contributed by atoms with Crippen molar-refractivity contribution in [3.8, 4) is 0 Å². The van der Waals surface area contributed by atoms with E-state index < -0.39 is 6.35 Å². The van der Waals surface area contributed by atoms with Crippen molar-refractivity contribution >= 4 is 22.4 Å². The molecule has 2 unspecified atom stereocenters. The summed E-state index contributed by atoms with van der Waals surface area (Å²) in [6.07, 6.45) is 3.00. The third-order valence-electron chi connectivity index (χ3n) is 7.88. The van der Waals surface area contributed by atoms with Crippen molar-refractivity contribution in [1.82, 2.24) is 19.7 Å². The molecule has 4 heterocycles. The van der Waals surface area contributed by atoms with Crippen molar-refractivity contribution in [3.05, 3.63) is 41.7 Å². The van der Waals surface area contributed by atoms with Gasteiger partial charge in [0.05, 0.1) is 30.6 Å². The van der Waals surface area contributed by atoms with Crippen molar-refractivity contribution in [2.24, 2.45) is 5.92 Å². The number of aromatic nitrogens is 1. The topological polar surface area (TPSA) is 81.3 Å². The third-order valence-corrected chi connectivity index (χ3v) is 7.88. The summed E-state index contributed by atoms with van der Waals surface area (Å²) in [6, 6.07) is 8.17. The summed E-state index contributed by atoms with van der Waals surface area (Å²) < 4.78 is 11.2. The molecule has 2 fully saturated rings. The summed E-state index contributed by atoms with van der Waals surface area (Å²) in [5, 5.41) is 12.8. The van der Waals surface area contributed by atoms with E-state index in [-0.39, 0.29) is 17.5 Å². The van der Waals surface area contributed by atoms with E-state index >= 15 is 0 Å². The van der Waals surface area contributed by atoms with E-state index in [9.17, 15) is 9.90 Å². The van der Waals surface area contributed by atoms with Crippen LogP contribution in [0.15, 0.2) is 30.5 Å². The number of carbonyl (C=O) groups excluding carboxylic acids is 1. The first-order chi connectivity index (χ1) is 17.7. The Kier molecular flexibility index (Phi) is 7.63. The molecule has 2 atom stereocenters. The number of piperidine rings is 1. The minimum Gasteiger partial charge on any atom is -0.459 e. The van der Waals surface area contributed by atoms with Gasteiger partial charge in [-0.05, 0) is 44.2 Å². The van der Waals surface area contributed by atoms with Crippen LogP contribution in [-0.2, 0) is 19.7 Å². The molecule has 8 nitrogen and oxygen atoms in total. The van der Waals surface area contributed by atoms with Crippen molar-refractivity contribution in [3.63, 3.8) is 0 Å². The Labute approximate surface area is 220 Å². The largest absolute Gasteiger partial charge is 0.459 e. The summed E-state index contributed by atoms with van der Waals surface area (Å²) >= 11 is 0. The van der Waals surface area contributed by atoms with Gasteiger partial charge in [-0.25, -0.2) is 4.79 Å². The highest BCUT2D eigenvalue weighted by molar-refractivity contribution is 6.18. The van der Waals surface area contributed by atoms with Gasteiger partial charge in [0.15, 0.2) is 6.35 Å². The van der Waals surface area contributed by atoms with Crippen LogP contribution in [0.3, 0.4) is 0 Å². The molecule has 3 aliphatic heterocycles. The Bertz CT molecular complexity index is 1130. The highest BCUT2D eigenvalue weighted by Crippen LogP contribution is 2.41. The maximum absolute atomic E-state index is 13.4. The molecule has 2 N–H and O–H groups in total. The molecule has 8 heteroatoms. The first-order valence-electron chi connectivity index (χ1n) is 13.8. The number of morpholine rings is 1. The van der Waals surface area contributed by atoms with E-state index in [0.29, 0.717) is 18.0 Å². The Morgan fingerprint density at radius 1 is 1.22 bits per heavy atom. The molecule has 3 aliphatic rings. The fraction of sp³-hybridized carbons (Fsp3) is 0.621. The van der Waals surface area contributed by atoms with Crippen LogP contribution in [-0.4, -0.2) is 95.7 Å². The molecule has 2 saturated heterocycles. The molecule has 0 amide bonds. The predicted octanol–water partition coefficient (Wildman–Crippen LogP) is 3.37. The second-order valence-corrected chi connectivity index (χ2v) is 11.7. The lowest BCUT2D eigenvalue weighted by Gasteiger charge is -2.43. The maximum atomic E-state index is 13.4. The number of H-pyrrole nitrogens is 1. The van der Waals surface area contributed by atoms with Gasteiger partial charge in [0, 0.05) is 61.8 Å². The van der Waals surface area contributed by atoms with E-state index in [2.05, 4.69) is 34.7 Å². The number of aliphatic hydroxyl groups is 1. The van der Waals surface area contributed by atoms with E-state index in [1.807, 2.05) is 43.1 Å². The lowest BCUT2D eigenvalue weighted by atomic mass is 9.82. The Hall–Kier alpha value is -2.39. The highest BCUT2D eigenvalue weighted by atomic mass is 16.5. The number of likely N-dealkylation sites (tertiary alicyclic amines) is 1. The van der Waals surface area contributed by atoms with Crippen LogP contribution in [0.2, 0.25) is 0 Å². The first kappa shape index (κ1) is 26.2. The first-order valence-corrected chi connectivity index (χ1v) is 13.8. The van der Waals surface area contributed by atoms with E-state index in [1.165, 1.54) is 6.42 Å². The fourth-order valence-electron chi connectivity index (χ4n) is 6.25. The van der Waals surface area contributed by atoms with Crippen LogP contribution in [0.5, 0.6) is 0 Å². The number of aliphatic hydroxyl groups excluding tert-OH is 1. The van der Waals surface area contributed by atoms with Gasteiger partial charge < -0.3 is 24.5 Å². The summed E-state index contributed by atoms with van der Waals surface area (Å²) in [5.41, 5.74) is 3.02. The second kappa shape index (κ2) is 10.8. The summed E-state index contributed by atoms with van der Waals surface area (Å²) in [5.74, 6) is 0.133. The number of hydrogen-bond donors (Lipinski definition) is 2. The SMILES string of the molecule is CC(C)OC(=O)C1=CN(C(O)N2CCCC(CN3CCOCC3)C2)CC(C)(C)c2c1[nH]c1ccccc21. The lowest BCUT2D eigenvalue weighted by molar-refractivity contribution is -0.140. The molecule has 0 aliphatic carbocycles. The van der Waals surface area contributed by atoms with Crippen LogP contribution < -0.4 is 0 Å². The molecule has 0 spiro atoms. The molecule has 37 heavy (non-hydrogen) atoms. The number of para-hydroxylation sites is 1. The minimum absolute atomic E-state index is 0.237. The number of ether oxygens (including phenoxy) is 2. The Morgan fingerprint density at radius 2 is 1.97 bits per heavy atom. The third kappa shape index (κ3) is 5.58. The number of hydrogen-bond acceptors (Lipinski definition) is 7. The molecule has 202 valence electrons. The zero-order valence-corrected chi connectivity index (χ0v) is 22.7. The van der Waals surface area contributed by atoms with Gasteiger partial charge in [-0.2, -0.15) is 0 Å². The van der Waals surface area contributed by atoms with Crippen molar-refractivity contribution in [1.29, 1.82) is 0 Å². The molecule has 0 radical (unpaired) electrons. The average Bonchev–Trinajstić information content (AvgIpc) is 3.21. The summed E-state index contributed by atoms with van der Waals surface area (Å²) in [6.45, 7) is 15.0. The predicted molar refractivity (Wildman–Crippen MR) is 145 cm³/mol. The van der Waals surface area contributed by atoms with Gasteiger partial charge in [0.2, 0.25) is 0 Å². The molecular weight excluding hydrogens is 468 g/mol. The maximum Gasteiger partial charge on any atom is 0.342 e. The van der Waals surface area contributed by atoms with Gasteiger partial charge >= 0.3 is 5.97 Å². The number of fused-ring (bicyclic) bond motifs is 3. The monoisotopic (exact) mass is 510 g/mol. The minimum atomic E-state index is -0.816. The van der Waals surface area contributed by atoms with Crippen molar-refractivity contribution < 1.29 is 19.4 Å². The second-order valence-electron chi connectivity index (χ2n) is 11.7. The van der Waals surface area contributed by atoms with Crippen molar-refractivity contribution in [2.75, 3.05) is 52.5 Å². The number of benzene rings is 1. The number of rotatable bonds is 6. The standard InChI is InChI=1S/C29H42N4O4/c1-20(2)37-27(34)23-18-33(19-29(3,4)25-22-9-5-6-10-24(22)30-26(23)25)28(35)32-11-7-8-21(17-32)16-31-12-14-36-15-13-31/h5-6,9-10,18,20-21,28,30,35H,7-8,11-17,19H2,1-4H3. The number of carbonyl (C=O) groups is 1. The lowest BCUT2D eigenvalue weighted by Crippen LogP contribution is -2.53. The average molecular weight is 511 g/mol. The summed E-state index contributed by atoms with van der Waals surface area (Å²) in [4.78, 5) is 23.5. The van der Waals surface area contributed by atoms with Crippen LogP contribution >= 0.6 is 0 Å². The van der Waals surface area contributed by atoms with E-state index in [4.69, 9.17) is 9.47 Å². The van der Waals surface area contributed by atoms with E-state index in [0.717, 1.165) is 74.5 Å². The number of nitrogens with zero attached hydrogens (tertiary/aromatic N) is 3. The van der Waals surface area contributed by atoms with Crippen LogP contribution in [0.25, 0.3) is 16.5 Å². The van der Waals surface area contributed by atoms with Gasteiger partial charge in [-0.15, -0.1) is 0 Å². The number of nitrogens with one attached hydrogen (secondary N) is 1. The molecule has 2 aromatic rings. The molecule has 1 aromatic heterocycles.